The lowest BCUT2D eigenvalue weighted by atomic mass is 10.1. The third kappa shape index (κ3) is 2.72. The SMILES string of the molecule is Nc1nc(=O)n([C@@H]2O[C@H](CO)C(O)C2O)cc1C(F)(F)F. The maximum absolute atomic E-state index is 12.7. The highest BCUT2D eigenvalue weighted by atomic mass is 19.4. The van der Waals surface area contributed by atoms with Crippen LogP contribution in [0, 0.1) is 0 Å². The number of anilines is 1. The van der Waals surface area contributed by atoms with Crippen LogP contribution in [0.2, 0.25) is 0 Å². The van der Waals surface area contributed by atoms with E-state index in [2.05, 4.69) is 4.98 Å². The van der Waals surface area contributed by atoms with Gasteiger partial charge in [-0.05, 0) is 0 Å². The van der Waals surface area contributed by atoms with Gasteiger partial charge >= 0.3 is 11.9 Å². The van der Waals surface area contributed by atoms with Crippen LogP contribution in [0.4, 0.5) is 19.0 Å². The molecule has 0 bridgehead atoms. The van der Waals surface area contributed by atoms with E-state index < -0.39 is 54.4 Å². The van der Waals surface area contributed by atoms with Crippen molar-refractivity contribution in [2.24, 2.45) is 0 Å². The van der Waals surface area contributed by atoms with Gasteiger partial charge in [0.05, 0.1) is 6.61 Å². The Labute approximate surface area is 115 Å². The van der Waals surface area contributed by atoms with Crippen molar-refractivity contribution in [2.75, 3.05) is 12.3 Å². The fourth-order valence-electron chi connectivity index (χ4n) is 1.99. The Morgan fingerprint density at radius 1 is 1.38 bits per heavy atom. The largest absolute Gasteiger partial charge is 0.421 e. The number of halogens is 3. The standard InChI is InChI=1S/C10H12F3N3O5/c11-10(12,13)3-1-16(9(20)15-7(3)14)8-6(19)5(18)4(2-17)21-8/h1,4-6,8,17-19H,2H2,(H2,14,15,20)/t4-,5?,6?,8-/m1/s1. The van der Waals surface area contributed by atoms with Gasteiger partial charge in [-0.15, -0.1) is 0 Å². The van der Waals surface area contributed by atoms with Crippen molar-refractivity contribution in [3.8, 4) is 0 Å². The molecule has 0 saturated carbocycles. The highest BCUT2D eigenvalue weighted by Crippen LogP contribution is 2.34. The van der Waals surface area contributed by atoms with Crippen molar-refractivity contribution in [1.82, 2.24) is 9.55 Å². The van der Waals surface area contributed by atoms with Gasteiger partial charge in [-0.1, -0.05) is 0 Å². The molecule has 2 rings (SSSR count). The molecule has 1 fully saturated rings. The Morgan fingerprint density at radius 3 is 2.48 bits per heavy atom. The minimum absolute atomic E-state index is 0.352. The van der Waals surface area contributed by atoms with Crippen LogP contribution in [0.15, 0.2) is 11.0 Å². The summed E-state index contributed by atoms with van der Waals surface area (Å²) in [7, 11) is 0. The van der Waals surface area contributed by atoms with Gasteiger partial charge in [-0.2, -0.15) is 18.2 Å². The summed E-state index contributed by atoms with van der Waals surface area (Å²) in [6.45, 7) is -0.683. The van der Waals surface area contributed by atoms with Crippen LogP contribution in [-0.4, -0.2) is 49.8 Å². The zero-order chi connectivity index (χ0) is 15.9. The first kappa shape index (κ1) is 15.7. The lowest BCUT2D eigenvalue weighted by Gasteiger charge is -2.19. The molecule has 4 atom stereocenters. The van der Waals surface area contributed by atoms with Crippen LogP contribution in [-0.2, 0) is 10.9 Å². The number of ether oxygens (including phenoxy) is 1. The van der Waals surface area contributed by atoms with E-state index in [0.29, 0.717) is 10.8 Å². The van der Waals surface area contributed by atoms with Crippen molar-refractivity contribution >= 4 is 5.82 Å². The maximum atomic E-state index is 12.7. The first-order valence-electron chi connectivity index (χ1n) is 5.75. The molecule has 0 aliphatic carbocycles. The van der Waals surface area contributed by atoms with Gasteiger partial charge < -0.3 is 25.8 Å². The Kier molecular flexibility index (Phi) is 3.93. The van der Waals surface area contributed by atoms with Gasteiger partial charge in [0.1, 0.15) is 29.7 Å². The Balaban J connectivity index is 2.48. The average molecular weight is 311 g/mol. The van der Waals surface area contributed by atoms with Gasteiger partial charge in [0.25, 0.3) is 0 Å². The molecule has 1 aromatic heterocycles. The molecule has 0 aromatic carbocycles. The molecule has 118 valence electrons. The van der Waals surface area contributed by atoms with E-state index in [4.69, 9.17) is 15.6 Å². The summed E-state index contributed by atoms with van der Waals surface area (Å²) >= 11 is 0. The predicted octanol–water partition coefficient (Wildman–Crippen LogP) is -1.54. The van der Waals surface area contributed by atoms with Crippen molar-refractivity contribution in [3.05, 3.63) is 22.2 Å². The van der Waals surface area contributed by atoms with Crippen LogP contribution in [0.5, 0.6) is 0 Å². The van der Waals surface area contributed by atoms with Gasteiger partial charge in [-0.25, -0.2) is 4.79 Å². The summed E-state index contributed by atoms with van der Waals surface area (Å²) in [6, 6.07) is 0. The highest BCUT2D eigenvalue weighted by molar-refractivity contribution is 5.39. The molecule has 1 aromatic rings. The molecule has 5 N–H and O–H groups in total. The maximum Gasteiger partial charge on any atom is 0.421 e. The minimum Gasteiger partial charge on any atom is -0.394 e. The van der Waals surface area contributed by atoms with E-state index in [1.165, 1.54) is 0 Å². The van der Waals surface area contributed by atoms with Crippen LogP contribution in [0.3, 0.4) is 0 Å². The third-order valence-electron chi connectivity index (χ3n) is 3.08. The molecule has 0 amide bonds. The van der Waals surface area contributed by atoms with E-state index >= 15 is 0 Å². The summed E-state index contributed by atoms with van der Waals surface area (Å²) in [5, 5.41) is 28.2. The number of nitrogen functional groups attached to an aromatic ring is 1. The van der Waals surface area contributed by atoms with Crippen molar-refractivity contribution in [3.63, 3.8) is 0 Å². The van der Waals surface area contributed by atoms with Gasteiger partial charge in [-0.3, -0.25) is 4.57 Å². The second-order valence-corrected chi connectivity index (χ2v) is 4.46. The Morgan fingerprint density at radius 2 is 2.00 bits per heavy atom. The van der Waals surface area contributed by atoms with E-state index in [1.807, 2.05) is 0 Å². The van der Waals surface area contributed by atoms with E-state index in [-0.39, 0.29) is 0 Å². The average Bonchev–Trinajstić information content (AvgIpc) is 2.65. The molecular weight excluding hydrogens is 299 g/mol. The zero-order valence-electron chi connectivity index (χ0n) is 10.4. The van der Waals surface area contributed by atoms with Crippen molar-refractivity contribution in [1.29, 1.82) is 0 Å². The molecular formula is C10H12F3N3O5. The Bertz CT molecular complexity index is 590. The van der Waals surface area contributed by atoms with Crippen LogP contribution in [0.1, 0.15) is 11.8 Å². The monoisotopic (exact) mass is 311 g/mol. The van der Waals surface area contributed by atoms with Gasteiger partial charge in [0, 0.05) is 6.20 Å². The number of aliphatic hydroxyl groups excluding tert-OH is 3. The number of rotatable bonds is 2. The van der Waals surface area contributed by atoms with Gasteiger partial charge in [0.15, 0.2) is 6.23 Å². The fourth-order valence-corrected chi connectivity index (χ4v) is 1.99. The molecule has 8 nitrogen and oxygen atoms in total. The topological polar surface area (TPSA) is 131 Å². The smallest absolute Gasteiger partial charge is 0.394 e. The van der Waals surface area contributed by atoms with Crippen LogP contribution < -0.4 is 11.4 Å². The number of nitrogens with two attached hydrogens (primary N) is 1. The van der Waals surface area contributed by atoms with Crippen LogP contribution >= 0.6 is 0 Å². The molecule has 1 aliphatic heterocycles. The number of hydrogen-bond acceptors (Lipinski definition) is 7. The van der Waals surface area contributed by atoms with E-state index in [0.717, 1.165) is 0 Å². The summed E-state index contributed by atoms with van der Waals surface area (Å²) < 4.78 is 43.6. The first-order valence-corrected chi connectivity index (χ1v) is 5.75. The van der Waals surface area contributed by atoms with E-state index in [9.17, 15) is 28.2 Å². The number of alkyl halides is 3. The molecule has 2 unspecified atom stereocenters. The third-order valence-corrected chi connectivity index (χ3v) is 3.08. The minimum atomic E-state index is -4.86. The molecule has 1 aliphatic rings. The number of nitrogens with zero attached hydrogens (tertiary/aromatic N) is 2. The summed E-state index contributed by atoms with van der Waals surface area (Å²) in [6.07, 6.45) is -10.6. The molecule has 0 spiro atoms. The molecule has 1 saturated heterocycles. The van der Waals surface area contributed by atoms with Gasteiger partial charge in [0.2, 0.25) is 0 Å². The quantitative estimate of drug-likeness (QED) is 0.520. The number of hydrogen-bond donors (Lipinski definition) is 4. The molecule has 0 radical (unpaired) electrons. The van der Waals surface area contributed by atoms with E-state index in [1.54, 1.807) is 0 Å². The van der Waals surface area contributed by atoms with Crippen LogP contribution in [0.25, 0.3) is 0 Å². The lowest BCUT2D eigenvalue weighted by molar-refractivity contribution is -0.138. The molecule has 2 heterocycles. The second-order valence-electron chi connectivity index (χ2n) is 4.46. The number of aromatic nitrogens is 2. The zero-order valence-corrected chi connectivity index (χ0v) is 10.4. The fraction of sp³-hybridized carbons (Fsp3) is 0.600. The lowest BCUT2D eigenvalue weighted by Crippen LogP contribution is -2.37. The predicted molar refractivity (Wildman–Crippen MR) is 60.9 cm³/mol. The Hall–Kier alpha value is -1.69. The first-order chi connectivity index (χ1) is 9.66. The highest BCUT2D eigenvalue weighted by Gasteiger charge is 2.45. The summed E-state index contributed by atoms with van der Waals surface area (Å²) in [4.78, 5) is 14.6. The molecule has 11 heteroatoms. The van der Waals surface area contributed by atoms with Crippen molar-refractivity contribution < 1.29 is 33.2 Å². The number of aliphatic hydroxyl groups is 3. The normalized spacial score (nSPS) is 29.8. The summed E-state index contributed by atoms with van der Waals surface area (Å²) in [5.74, 6) is -1.00. The summed E-state index contributed by atoms with van der Waals surface area (Å²) in [5.41, 5.74) is 2.49. The second kappa shape index (κ2) is 5.26. The molecule has 21 heavy (non-hydrogen) atoms. The van der Waals surface area contributed by atoms with Crippen molar-refractivity contribution in [2.45, 2.75) is 30.7 Å².